The van der Waals surface area contributed by atoms with Crippen LogP contribution in [0.15, 0.2) is 72.8 Å². The molecule has 0 amide bonds. The van der Waals surface area contributed by atoms with Crippen LogP contribution in [0.2, 0.25) is 0 Å². The minimum atomic E-state index is -1.17. The van der Waals surface area contributed by atoms with Crippen LogP contribution < -0.4 is 23.7 Å². The first-order valence-electron chi connectivity index (χ1n) is 10.6. The van der Waals surface area contributed by atoms with E-state index in [1.807, 2.05) is 61.5 Å². The highest BCUT2D eigenvalue weighted by molar-refractivity contribution is 5.80. The number of hydrogen-bond acceptors (Lipinski definition) is 7. The minimum Gasteiger partial charge on any atom is -0.490 e. The summed E-state index contributed by atoms with van der Waals surface area (Å²) < 4.78 is 33.9. The molecular weight excluding hydrogens is 424 g/mol. The summed E-state index contributed by atoms with van der Waals surface area (Å²) in [7, 11) is 1.32. The van der Waals surface area contributed by atoms with Crippen LogP contribution in [0.4, 0.5) is 0 Å². The van der Waals surface area contributed by atoms with Crippen molar-refractivity contribution in [1.82, 2.24) is 0 Å². The van der Waals surface area contributed by atoms with Gasteiger partial charge in [0.2, 0.25) is 5.60 Å². The molecule has 33 heavy (non-hydrogen) atoms. The predicted octanol–water partition coefficient (Wildman–Crippen LogP) is 5.03. The molecule has 172 valence electrons. The molecular formula is C26H26O7. The molecule has 4 rings (SSSR count). The highest BCUT2D eigenvalue weighted by Gasteiger charge is 2.42. The molecule has 1 heterocycles. The summed E-state index contributed by atoms with van der Waals surface area (Å²) in [4.78, 5) is 11.9. The van der Waals surface area contributed by atoms with E-state index >= 15 is 0 Å². The number of fused-ring (bicyclic) bond motifs is 1. The number of rotatable bonds is 8. The van der Waals surface area contributed by atoms with E-state index in [2.05, 4.69) is 0 Å². The monoisotopic (exact) mass is 450 g/mol. The van der Waals surface area contributed by atoms with E-state index in [-0.39, 0.29) is 12.7 Å². The first kappa shape index (κ1) is 22.3. The second-order valence-electron chi connectivity index (χ2n) is 7.85. The van der Waals surface area contributed by atoms with Gasteiger partial charge in [-0.1, -0.05) is 18.2 Å². The first-order chi connectivity index (χ1) is 15.9. The number of methoxy groups -OCH3 is 1. The van der Waals surface area contributed by atoms with Gasteiger partial charge in [-0.25, -0.2) is 4.79 Å². The van der Waals surface area contributed by atoms with E-state index in [1.165, 1.54) is 7.11 Å². The lowest BCUT2D eigenvalue weighted by Gasteiger charge is -2.33. The van der Waals surface area contributed by atoms with Crippen molar-refractivity contribution in [2.75, 3.05) is 20.3 Å². The summed E-state index contributed by atoms with van der Waals surface area (Å²) in [5, 5.41) is 0. The molecule has 0 saturated heterocycles. The van der Waals surface area contributed by atoms with Crippen LogP contribution in [-0.2, 0) is 9.53 Å². The van der Waals surface area contributed by atoms with Gasteiger partial charge in [0.15, 0.2) is 11.5 Å². The molecule has 0 aliphatic carbocycles. The van der Waals surface area contributed by atoms with E-state index in [9.17, 15) is 4.79 Å². The Balaban J connectivity index is 1.29. The van der Waals surface area contributed by atoms with E-state index in [1.54, 1.807) is 25.1 Å². The summed E-state index contributed by atoms with van der Waals surface area (Å²) in [5.41, 5.74) is -1.17. The molecule has 7 nitrogen and oxygen atoms in total. The zero-order valence-corrected chi connectivity index (χ0v) is 18.8. The molecule has 1 aliphatic rings. The average molecular weight is 450 g/mol. The number of para-hydroxylation sites is 1. The van der Waals surface area contributed by atoms with E-state index in [0.717, 1.165) is 17.2 Å². The van der Waals surface area contributed by atoms with Crippen LogP contribution in [0.3, 0.4) is 0 Å². The molecule has 0 N–H and O–H groups in total. The topological polar surface area (TPSA) is 72.5 Å². The standard InChI is InChI=1S/C26H26O7/c1-18(31-20-9-11-21(12-10-20)32-19-7-5-4-6-8-19)16-29-22-13-14-23-24(15-22)30-17-26(2,33-23)25(27)28-3/h4-15,18H,16-17H2,1-3H3. The Hall–Kier alpha value is -3.87. The van der Waals surface area contributed by atoms with Crippen LogP contribution in [0.25, 0.3) is 0 Å². The number of hydrogen-bond donors (Lipinski definition) is 0. The smallest absolute Gasteiger partial charge is 0.353 e. The second kappa shape index (κ2) is 9.73. The Bertz CT molecular complexity index is 1080. The predicted molar refractivity (Wildman–Crippen MR) is 122 cm³/mol. The molecule has 0 fully saturated rings. The van der Waals surface area contributed by atoms with Crippen LogP contribution >= 0.6 is 0 Å². The number of benzene rings is 3. The largest absolute Gasteiger partial charge is 0.490 e. The van der Waals surface area contributed by atoms with Crippen molar-refractivity contribution < 1.29 is 33.2 Å². The van der Waals surface area contributed by atoms with Gasteiger partial charge in [-0.15, -0.1) is 0 Å². The van der Waals surface area contributed by atoms with Crippen LogP contribution in [0.5, 0.6) is 34.5 Å². The van der Waals surface area contributed by atoms with Gasteiger partial charge in [-0.05, 0) is 62.4 Å². The molecule has 0 radical (unpaired) electrons. The third kappa shape index (κ3) is 5.49. The van der Waals surface area contributed by atoms with Crippen molar-refractivity contribution in [2.45, 2.75) is 25.6 Å². The fourth-order valence-corrected chi connectivity index (χ4v) is 3.27. The van der Waals surface area contributed by atoms with Crippen molar-refractivity contribution in [3.8, 4) is 34.5 Å². The zero-order valence-electron chi connectivity index (χ0n) is 18.8. The highest BCUT2D eigenvalue weighted by atomic mass is 16.6. The Morgan fingerprint density at radius 1 is 0.939 bits per heavy atom. The summed E-state index contributed by atoms with van der Waals surface area (Å²) >= 11 is 0. The SMILES string of the molecule is COC(=O)C1(C)COc2cc(OCC(C)Oc3ccc(Oc4ccccc4)cc3)ccc2O1. The van der Waals surface area contributed by atoms with Crippen molar-refractivity contribution in [3.63, 3.8) is 0 Å². The molecule has 1 aliphatic heterocycles. The van der Waals surface area contributed by atoms with Gasteiger partial charge in [0.1, 0.15) is 42.3 Å². The summed E-state index contributed by atoms with van der Waals surface area (Å²) in [6.45, 7) is 3.95. The fraction of sp³-hybridized carbons (Fsp3) is 0.269. The summed E-state index contributed by atoms with van der Waals surface area (Å²) in [6, 6.07) is 22.2. The van der Waals surface area contributed by atoms with Crippen molar-refractivity contribution in [2.24, 2.45) is 0 Å². The Morgan fingerprint density at radius 3 is 2.33 bits per heavy atom. The van der Waals surface area contributed by atoms with Gasteiger partial charge < -0.3 is 28.4 Å². The van der Waals surface area contributed by atoms with Crippen LogP contribution in [0.1, 0.15) is 13.8 Å². The third-order valence-corrected chi connectivity index (χ3v) is 5.00. The van der Waals surface area contributed by atoms with Gasteiger partial charge in [0, 0.05) is 6.07 Å². The zero-order chi connectivity index (χ0) is 23.3. The van der Waals surface area contributed by atoms with Gasteiger partial charge in [-0.3, -0.25) is 0 Å². The molecule has 0 saturated carbocycles. The normalized spacial score (nSPS) is 17.5. The Kier molecular flexibility index (Phi) is 6.58. The van der Waals surface area contributed by atoms with Gasteiger partial charge in [-0.2, -0.15) is 0 Å². The van der Waals surface area contributed by atoms with Gasteiger partial charge in [0.05, 0.1) is 7.11 Å². The molecule has 0 bridgehead atoms. The molecule has 2 unspecified atom stereocenters. The molecule has 7 heteroatoms. The second-order valence-corrected chi connectivity index (χ2v) is 7.85. The Morgan fingerprint density at radius 2 is 1.61 bits per heavy atom. The van der Waals surface area contributed by atoms with Crippen LogP contribution in [0, 0.1) is 0 Å². The molecule has 0 spiro atoms. The molecule has 3 aromatic rings. The Labute approximate surface area is 192 Å². The van der Waals surface area contributed by atoms with Gasteiger partial charge in [0.25, 0.3) is 0 Å². The number of carbonyl (C=O) groups excluding carboxylic acids is 1. The third-order valence-electron chi connectivity index (χ3n) is 5.00. The van der Waals surface area contributed by atoms with E-state index < -0.39 is 11.6 Å². The van der Waals surface area contributed by atoms with Crippen molar-refractivity contribution in [3.05, 3.63) is 72.8 Å². The summed E-state index contributed by atoms with van der Waals surface area (Å²) in [6.07, 6.45) is -0.193. The highest BCUT2D eigenvalue weighted by Crippen LogP contribution is 2.38. The lowest BCUT2D eigenvalue weighted by atomic mass is 10.1. The average Bonchev–Trinajstić information content (AvgIpc) is 2.84. The maximum absolute atomic E-state index is 11.9. The lowest BCUT2D eigenvalue weighted by molar-refractivity contribution is -0.162. The maximum Gasteiger partial charge on any atom is 0.353 e. The number of esters is 1. The lowest BCUT2D eigenvalue weighted by Crippen LogP contribution is -2.49. The van der Waals surface area contributed by atoms with E-state index in [0.29, 0.717) is 23.9 Å². The van der Waals surface area contributed by atoms with E-state index in [4.69, 9.17) is 28.4 Å². The number of carbonyl (C=O) groups is 1. The number of ether oxygens (including phenoxy) is 6. The first-order valence-corrected chi connectivity index (χ1v) is 10.6. The van der Waals surface area contributed by atoms with Gasteiger partial charge >= 0.3 is 5.97 Å². The molecule has 3 aromatic carbocycles. The quantitative estimate of drug-likeness (QED) is 0.446. The van der Waals surface area contributed by atoms with Crippen molar-refractivity contribution >= 4 is 5.97 Å². The minimum absolute atomic E-state index is 0.0552. The fourth-order valence-electron chi connectivity index (χ4n) is 3.27. The summed E-state index contributed by atoms with van der Waals surface area (Å²) in [5.74, 6) is 3.33. The molecule has 2 atom stereocenters. The maximum atomic E-state index is 11.9. The molecule has 0 aromatic heterocycles. The van der Waals surface area contributed by atoms with Crippen molar-refractivity contribution in [1.29, 1.82) is 0 Å². The van der Waals surface area contributed by atoms with Crippen LogP contribution in [-0.4, -0.2) is 38.0 Å².